The van der Waals surface area contributed by atoms with Crippen molar-refractivity contribution < 1.29 is 31.8 Å². The maximum Gasteiger partial charge on any atom is 0.305 e. The van der Waals surface area contributed by atoms with Crippen LogP contribution in [0, 0.1) is 11.6 Å². The summed E-state index contributed by atoms with van der Waals surface area (Å²) in [6, 6.07) is 4.94. The van der Waals surface area contributed by atoms with Gasteiger partial charge in [-0.05, 0) is 24.3 Å². The zero-order valence-corrected chi connectivity index (χ0v) is 10.2. The van der Waals surface area contributed by atoms with Crippen molar-refractivity contribution in [3.05, 3.63) is 48.2 Å². The van der Waals surface area contributed by atoms with Gasteiger partial charge >= 0.3 is 6.08 Å². The lowest BCUT2D eigenvalue weighted by Gasteiger charge is -2.01. The highest BCUT2D eigenvalue weighted by atomic mass is 19.3. The molecule has 0 spiro atoms. The number of ether oxygens (including phenoxy) is 1. The average molecular weight is 298 g/mol. The Morgan fingerprint density at radius 1 is 1.00 bits per heavy atom. The third-order valence-electron chi connectivity index (χ3n) is 2.91. The second-order valence-corrected chi connectivity index (χ2v) is 4.16. The molecule has 0 aliphatic carbocycles. The number of phenols is 1. The fourth-order valence-corrected chi connectivity index (χ4v) is 2.01. The molecule has 0 amide bonds. The van der Waals surface area contributed by atoms with Gasteiger partial charge in [-0.3, -0.25) is 0 Å². The molecule has 108 valence electrons. The van der Waals surface area contributed by atoms with Gasteiger partial charge in [-0.15, -0.1) is 0 Å². The Labute approximate surface area is 114 Å². The van der Waals surface area contributed by atoms with Crippen LogP contribution in [0.25, 0.3) is 21.9 Å². The van der Waals surface area contributed by atoms with E-state index < -0.39 is 29.2 Å². The summed E-state index contributed by atoms with van der Waals surface area (Å²) in [4.78, 5) is 0. The van der Waals surface area contributed by atoms with Crippen LogP contribution in [0.4, 0.5) is 17.6 Å². The summed E-state index contributed by atoms with van der Waals surface area (Å²) in [7, 11) is 0. The summed E-state index contributed by atoms with van der Waals surface area (Å²) in [5, 5.41) is 9.75. The van der Waals surface area contributed by atoms with E-state index in [1.165, 1.54) is 12.1 Å². The van der Waals surface area contributed by atoms with E-state index in [9.17, 15) is 22.7 Å². The van der Waals surface area contributed by atoms with Crippen molar-refractivity contribution in [2.75, 3.05) is 0 Å². The normalized spacial score (nSPS) is 11.0. The molecule has 2 aromatic carbocycles. The monoisotopic (exact) mass is 298 g/mol. The topological polar surface area (TPSA) is 42.6 Å². The molecular formula is C14H6F4O3. The third kappa shape index (κ3) is 2.06. The van der Waals surface area contributed by atoms with Crippen LogP contribution in [0.1, 0.15) is 0 Å². The number of hydrogen-bond donors (Lipinski definition) is 1. The number of benzene rings is 2. The van der Waals surface area contributed by atoms with E-state index >= 15 is 0 Å². The summed E-state index contributed by atoms with van der Waals surface area (Å²) in [6.07, 6.45) is -2.05. The number of fused-ring (bicyclic) bond motifs is 3. The molecule has 3 rings (SSSR count). The van der Waals surface area contributed by atoms with Crippen LogP contribution in [0.2, 0.25) is 0 Å². The van der Waals surface area contributed by atoms with Crippen molar-refractivity contribution in [2.24, 2.45) is 0 Å². The predicted molar refractivity (Wildman–Crippen MR) is 66.2 cm³/mol. The lowest BCUT2D eigenvalue weighted by Crippen LogP contribution is -1.87. The van der Waals surface area contributed by atoms with Gasteiger partial charge in [-0.1, -0.05) is 0 Å². The van der Waals surface area contributed by atoms with E-state index in [4.69, 9.17) is 4.42 Å². The van der Waals surface area contributed by atoms with Gasteiger partial charge in [0.2, 0.25) is 11.6 Å². The number of phenolic OH excluding ortho intramolecular Hbond substituents is 1. The molecule has 0 radical (unpaired) electrons. The first-order valence-electron chi connectivity index (χ1n) is 5.69. The summed E-state index contributed by atoms with van der Waals surface area (Å²) < 4.78 is 61.2. The van der Waals surface area contributed by atoms with Crippen LogP contribution in [-0.2, 0) is 0 Å². The van der Waals surface area contributed by atoms with Crippen LogP contribution in [0.5, 0.6) is 11.5 Å². The molecule has 0 atom stereocenters. The van der Waals surface area contributed by atoms with E-state index in [1.807, 2.05) is 0 Å². The quantitative estimate of drug-likeness (QED) is 0.551. The van der Waals surface area contributed by atoms with Crippen molar-refractivity contribution >= 4 is 21.9 Å². The first-order valence-corrected chi connectivity index (χ1v) is 5.69. The maximum atomic E-state index is 14.1. The Balaban J connectivity index is 2.27. The standard InChI is InChI=1S/C14H6F4O3/c15-10(16)5-20-9-4-2-7-6-1-3-8(19)11(17)13(6)21-14(7)12(9)18/h1-5,19H. The zero-order chi connectivity index (χ0) is 15.1. The van der Waals surface area contributed by atoms with Gasteiger partial charge in [0.1, 0.15) is 0 Å². The summed E-state index contributed by atoms with van der Waals surface area (Å²) in [5.41, 5.74) is -0.673. The molecule has 0 aliphatic heterocycles. The van der Waals surface area contributed by atoms with E-state index in [0.29, 0.717) is 0 Å². The largest absolute Gasteiger partial charge is 0.505 e. The van der Waals surface area contributed by atoms with Crippen LogP contribution >= 0.6 is 0 Å². The Bertz CT molecular complexity index is 879. The fourth-order valence-electron chi connectivity index (χ4n) is 2.01. The highest BCUT2D eigenvalue weighted by Crippen LogP contribution is 2.37. The SMILES string of the molecule is Oc1ccc2c(oc3c(F)c(OC=C(F)F)ccc32)c1F. The fraction of sp³-hybridized carbons (Fsp3) is 0. The molecule has 0 bridgehead atoms. The number of aromatic hydroxyl groups is 1. The van der Waals surface area contributed by atoms with E-state index in [1.54, 1.807) is 0 Å². The highest BCUT2D eigenvalue weighted by Gasteiger charge is 2.19. The Morgan fingerprint density at radius 3 is 2.29 bits per heavy atom. The number of halogens is 4. The highest BCUT2D eigenvalue weighted by molar-refractivity contribution is 6.06. The molecule has 21 heavy (non-hydrogen) atoms. The predicted octanol–water partition coefficient (Wildman–Crippen LogP) is 4.69. The second-order valence-electron chi connectivity index (χ2n) is 4.16. The molecule has 3 nitrogen and oxygen atoms in total. The Hall–Kier alpha value is -2.70. The summed E-state index contributed by atoms with van der Waals surface area (Å²) in [6.45, 7) is 0. The molecule has 0 saturated heterocycles. The van der Waals surface area contributed by atoms with Gasteiger partial charge in [-0.25, -0.2) is 0 Å². The first-order chi connectivity index (χ1) is 9.99. The van der Waals surface area contributed by atoms with Gasteiger partial charge in [0, 0.05) is 10.8 Å². The minimum Gasteiger partial charge on any atom is -0.505 e. The van der Waals surface area contributed by atoms with Gasteiger partial charge in [-0.2, -0.15) is 17.6 Å². The van der Waals surface area contributed by atoms with Crippen LogP contribution in [-0.4, -0.2) is 5.11 Å². The molecule has 0 saturated carbocycles. The number of hydrogen-bond acceptors (Lipinski definition) is 3. The lowest BCUT2D eigenvalue weighted by atomic mass is 10.1. The minimum absolute atomic E-state index is 0.0827. The number of rotatable bonds is 2. The minimum atomic E-state index is -2.13. The van der Waals surface area contributed by atoms with Crippen LogP contribution < -0.4 is 4.74 Å². The van der Waals surface area contributed by atoms with E-state index in [-0.39, 0.29) is 28.2 Å². The molecule has 7 heteroatoms. The van der Waals surface area contributed by atoms with Crippen molar-refractivity contribution in [1.29, 1.82) is 0 Å². The van der Waals surface area contributed by atoms with Crippen molar-refractivity contribution in [3.8, 4) is 11.5 Å². The molecule has 1 N–H and O–H groups in total. The first kappa shape index (κ1) is 13.3. The molecule has 3 aromatic rings. The average Bonchev–Trinajstić information content (AvgIpc) is 2.82. The summed E-state index contributed by atoms with van der Waals surface area (Å²) in [5.74, 6) is -3.19. The Morgan fingerprint density at radius 2 is 1.62 bits per heavy atom. The summed E-state index contributed by atoms with van der Waals surface area (Å²) >= 11 is 0. The van der Waals surface area contributed by atoms with Crippen molar-refractivity contribution in [1.82, 2.24) is 0 Å². The van der Waals surface area contributed by atoms with Gasteiger partial charge in [0.25, 0.3) is 0 Å². The molecule has 1 heterocycles. The lowest BCUT2D eigenvalue weighted by molar-refractivity contribution is 0.356. The van der Waals surface area contributed by atoms with Crippen molar-refractivity contribution in [2.45, 2.75) is 0 Å². The molecule has 0 fully saturated rings. The number of furan rings is 1. The third-order valence-corrected chi connectivity index (χ3v) is 2.91. The van der Waals surface area contributed by atoms with E-state index in [0.717, 1.165) is 12.1 Å². The van der Waals surface area contributed by atoms with Gasteiger partial charge in [0.05, 0.1) is 0 Å². The zero-order valence-electron chi connectivity index (χ0n) is 10.2. The molecule has 0 aliphatic rings. The van der Waals surface area contributed by atoms with E-state index in [2.05, 4.69) is 4.74 Å². The smallest absolute Gasteiger partial charge is 0.305 e. The maximum absolute atomic E-state index is 14.1. The Kier molecular flexibility index (Phi) is 2.97. The second kappa shape index (κ2) is 4.69. The van der Waals surface area contributed by atoms with Crippen LogP contribution in [0.3, 0.4) is 0 Å². The molecule has 1 aromatic heterocycles. The van der Waals surface area contributed by atoms with Gasteiger partial charge < -0.3 is 14.3 Å². The van der Waals surface area contributed by atoms with Crippen molar-refractivity contribution in [3.63, 3.8) is 0 Å². The van der Waals surface area contributed by atoms with Gasteiger partial charge in [0.15, 0.2) is 28.9 Å². The molecular weight excluding hydrogens is 292 g/mol. The molecule has 0 unspecified atom stereocenters. The van der Waals surface area contributed by atoms with Crippen LogP contribution in [0.15, 0.2) is 41.0 Å².